The van der Waals surface area contributed by atoms with Gasteiger partial charge in [-0.05, 0) is 17.2 Å². The van der Waals surface area contributed by atoms with E-state index in [1.807, 2.05) is 0 Å². The molecule has 2 aromatic rings. The lowest BCUT2D eigenvalue weighted by Gasteiger charge is -2.23. The molecule has 1 N–H and O–H groups in total. The van der Waals surface area contributed by atoms with Gasteiger partial charge in [-0.25, -0.2) is 13.1 Å². The monoisotopic (exact) mass is 378 g/mol. The van der Waals surface area contributed by atoms with E-state index in [1.54, 1.807) is 43.7 Å². The highest BCUT2D eigenvalue weighted by molar-refractivity contribution is 7.90. The Hall–Kier alpha value is -2.40. The topological polar surface area (TPSA) is 115 Å². The summed E-state index contributed by atoms with van der Waals surface area (Å²) in [5.74, 6) is 0. The fourth-order valence-electron chi connectivity index (χ4n) is 2.87. The SMILES string of the molecule is CN1OCC(S(=O)(=O)NCc2cccnc2)C1c1ccc([N+](=O)[O-])cc1. The lowest BCUT2D eigenvalue weighted by molar-refractivity contribution is -0.384. The number of hydrogen-bond donors (Lipinski definition) is 1. The zero-order valence-corrected chi connectivity index (χ0v) is 14.8. The van der Waals surface area contributed by atoms with Crippen LogP contribution in [-0.4, -0.2) is 42.3 Å². The van der Waals surface area contributed by atoms with E-state index >= 15 is 0 Å². The van der Waals surface area contributed by atoms with Gasteiger partial charge in [-0.1, -0.05) is 18.2 Å². The summed E-state index contributed by atoms with van der Waals surface area (Å²) in [4.78, 5) is 19.7. The molecule has 26 heavy (non-hydrogen) atoms. The van der Waals surface area contributed by atoms with Crippen LogP contribution < -0.4 is 4.72 Å². The number of nitro groups is 1. The Labute approximate surface area is 150 Å². The molecule has 1 aromatic carbocycles. The molecule has 2 atom stereocenters. The Bertz CT molecular complexity index is 873. The van der Waals surface area contributed by atoms with E-state index in [9.17, 15) is 18.5 Å². The lowest BCUT2D eigenvalue weighted by Crippen LogP contribution is -2.39. The summed E-state index contributed by atoms with van der Waals surface area (Å²) >= 11 is 0. The second kappa shape index (κ2) is 7.46. The average molecular weight is 378 g/mol. The Balaban J connectivity index is 1.79. The predicted octanol–water partition coefficient (Wildman–Crippen LogP) is 1.40. The fourth-order valence-corrected chi connectivity index (χ4v) is 4.36. The first-order valence-electron chi connectivity index (χ1n) is 7.86. The summed E-state index contributed by atoms with van der Waals surface area (Å²) in [7, 11) is -2.05. The molecule has 0 amide bonds. The standard InChI is InChI=1S/C16H18N4O5S/c1-19-16(13-4-6-14(7-5-13)20(21)22)15(11-25-19)26(23,24)18-10-12-3-2-8-17-9-12/h2-9,15-16,18H,10-11H2,1H3. The van der Waals surface area contributed by atoms with Crippen LogP contribution in [0, 0.1) is 10.1 Å². The van der Waals surface area contributed by atoms with Gasteiger partial charge in [-0.3, -0.25) is 19.9 Å². The van der Waals surface area contributed by atoms with E-state index in [-0.39, 0.29) is 18.8 Å². The van der Waals surface area contributed by atoms with Crippen molar-refractivity contribution in [1.29, 1.82) is 0 Å². The minimum atomic E-state index is -3.69. The maximum Gasteiger partial charge on any atom is 0.269 e. The maximum absolute atomic E-state index is 12.8. The number of benzene rings is 1. The Kier molecular flexibility index (Phi) is 5.28. The van der Waals surface area contributed by atoms with Crippen molar-refractivity contribution in [1.82, 2.24) is 14.8 Å². The zero-order chi connectivity index (χ0) is 18.7. The van der Waals surface area contributed by atoms with E-state index in [0.29, 0.717) is 5.56 Å². The van der Waals surface area contributed by atoms with E-state index < -0.39 is 26.2 Å². The number of hydrogen-bond acceptors (Lipinski definition) is 7. The molecule has 0 bridgehead atoms. The van der Waals surface area contributed by atoms with E-state index in [0.717, 1.165) is 5.56 Å². The van der Waals surface area contributed by atoms with Crippen LogP contribution in [0.1, 0.15) is 17.2 Å². The van der Waals surface area contributed by atoms with Gasteiger partial charge in [0.25, 0.3) is 5.69 Å². The van der Waals surface area contributed by atoms with Crippen LogP contribution in [0.3, 0.4) is 0 Å². The predicted molar refractivity (Wildman–Crippen MR) is 93.3 cm³/mol. The molecular weight excluding hydrogens is 360 g/mol. The Morgan fingerprint density at radius 2 is 2.08 bits per heavy atom. The van der Waals surface area contributed by atoms with Gasteiger partial charge in [0.05, 0.1) is 17.6 Å². The van der Waals surface area contributed by atoms with Crippen molar-refractivity contribution in [2.45, 2.75) is 17.8 Å². The third kappa shape index (κ3) is 3.88. The van der Waals surface area contributed by atoms with E-state index in [4.69, 9.17) is 4.84 Å². The van der Waals surface area contributed by atoms with Crippen LogP contribution in [0.15, 0.2) is 48.8 Å². The van der Waals surface area contributed by atoms with Gasteiger partial charge in [0.1, 0.15) is 5.25 Å². The number of hydroxylamine groups is 2. The highest BCUT2D eigenvalue weighted by Gasteiger charge is 2.43. The molecular formula is C16H18N4O5S. The molecule has 10 heteroatoms. The van der Waals surface area contributed by atoms with Crippen LogP contribution in [0.4, 0.5) is 5.69 Å². The van der Waals surface area contributed by atoms with Gasteiger partial charge in [-0.2, -0.15) is 5.06 Å². The largest absolute Gasteiger partial charge is 0.297 e. The molecule has 1 saturated heterocycles. The number of rotatable bonds is 6. The third-order valence-corrected chi connectivity index (χ3v) is 5.97. The third-order valence-electron chi connectivity index (χ3n) is 4.23. The van der Waals surface area contributed by atoms with Crippen molar-refractivity contribution in [3.63, 3.8) is 0 Å². The molecule has 1 aliphatic rings. The highest BCUT2D eigenvalue weighted by atomic mass is 32.2. The van der Waals surface area contributed by atoms with Crippen LogP contribution in [0.2, 0.25) is 0 Å². The van der Waals surface area contributed by atoms with Gasteiger partial charge in [-0.15, -0.1) is 0 Å². The number of aromatic nitrogens is 1. The van der Waals surface area contributed by atoms with E-state index in [1.165, 1.54) is 17.2 Å². The summed E-state index contributed by atoms with van der Waals surface area (Å²) in [5, 5.41) is 11.4. The highest BCUT2D eigenvalue weighted by Crippen LogP contribution is 2.34. The molecule has 0 radical (unpaired) electrons. The molecule has 1 fully saturated rings. The summed E-state index contributed by atoms with van der Waals surface area (Å²) in [6.45, 7) is 0.129. The average Bonchev–Trinajstić information content (AvgIpc) is 3.03. The van der Waals surface area contributed by atoms with Crippen LogP contribution in [-0.2, 0) is 21.4 Å². The second-order valence-electron chi connectivity index (χ2n) is 5.90. The summed E-state index contributed by atoms with van der Waals surface area (Å²) in [6.07, 6.45) is 3.20. The first-order chi connectivity index (χ1) is 12.4. The molecule has 1 aromatic heterocycles. The minimum Gasteiger partial charge on any atom is -0.297 e. The first kappa shape index (κ1) is 18.4. The van der Waals surface area contributed by atoms with Crippen LogP contribution in [0.5, 0.6) is 0 Å². The maximum atomic E-state index is 12.8. The molecule has 1 aliphatic heterocycles. The molecule has 0 spiro atoms. The summed E-state index contributed by atoms with van der Waals surface area (Å²) < 4.78 is 28.1. The van der Waals surface area contributed by atoms with Crippen molar-refractivity contribution in [2.75, 3.05) is 13.7 Å². The van der Waals surface area contributed by atoms with Gasteiger partial charge in [0, 0.05) is 38.1 Å². The molecule has 0 saturated carbocycles. The minimum absolute atomic E-state index is 0.000523. The van der Waals surface area contributed by atoms with Crippen LogP contribution >= 0.6 is 0 Å². The zero-order valence-electron chi connectivity index (χ0n) is 14.0. The number of nitrogens with zero attached hydrogens (tertiary/aromatic N) is 3. The first-order valence-corrected chi connectivity index (χ1v) is 9.40. The van der Waals surface area contributed by atoms with Crippen LogP contribution in [0.25, 0.3) is 0 Å². The molecule has 9 nitrogen and oxygen atoms in total. The number of nitrogens with one attached hydrogen (secondary N) is 1. The van der Waals surface area contributed by atoms with Gasteiger partial charge in [0.15, 0.2) is 0 Å². The quantitative estimate of drug-likeness (QED) is 0.597. The van der Waals surface area contributed by atoms with Crippen molar-refractivity contribution in [3.05, 3.63) is 70.0 Å². The summed E-state index contributed by atoms with van der Waals surface area (Å²) in [6, 6.07) is 8.76. The molecule has 2 unspecified atom stereocenters. The van der Waals surface area contributed by atoms with Gasteiger partial charge >= 0.3 is 0 Å². The Morgan fingerprint density at radius 3 is 2.69 bits per heavy atom. The molecule has 2 heterocycles. The molecule has 0 aliphatic carbocycles. The van der Waals surface area contributed by atoms with Crippen molar-refractivity contribution < 1.29 is 18.2 Å². The van der Waals surface area contributed by atoms with Gasteiger partial charge < -0.3 is 0 Å². The van der Waals surface area contributed by atoms with Crippen molar-refractivity contribution in [2.24, 2.45) is 0 Å². The smallest absolute Gasteiger partial charge is 0.269 e. The number of sulfonamides is 1. The molecule has 3 rings (SSSR count). The molecule has 138 valence electrons. The normalized spacial score (nSPS) is 21.0. The Morgan fingerprint density at radius 1 is 1.35 bits per heavy atom. The van der Waals surface area contributed by atoms with Gasteiger partial charge in [0.2, 0.25) is 10.0 Å². The van der Waals surface area contributed by atoms with Crippen molar-refractivity contribution >= 4 is 15.7 Å². The fraction of sp³-hybridized carbons (Fsp3) is 0.312. The number of non-ortho nitro benzene ring substituents is 1. The second-order valence-corrected chi connectivity index (χ2v) is 7.89. The van der Waals surface area contributed by atoms with E-state index in [2.05, 4.69) is 9.71 Å². The number of nitro benzene ring substituents is 1. The lowest BCUT2D eigenvalue weighted by atomic mass is 10.0. The van der Waals surface area contributed by atoms with Crippen molar-refractivity contribution in [3.8, 4) is 0 Å². The number of pyridine rings is 1. The summed E-state index contributed by atoms with van der Waals surface area (Å²) in [5.41, 5.74) is 1.33.